The molecule has 0 spiro atoms. The number of sulfonamides is 1. The van der Waals surface area contributed by atoms with Gasteiger partial charge < -0.3 is 5.32 Å². The smallest absolute Gasteiger partial charge is 0.284 e. The molecule has 3 rings (SSSR count). The molecule has 2 aromatic rings. The van der Waals surface area contributed by atoms with Crippen LogP contribution >= 0.6 is 11.8 Å². The van der Waals surface area contributed by atoms with Gasteiger partial charge in [-0.25, -0.2) is 8.42 Å². The van der Waals surface area contributed by atoms with E-state index in [0.29, 0.717) is 30.2 Å². The number of amides is 1. The minimum absolute atomic E-state index is 0.0475. The van der Waals surface area contributed by atoms with Crippen molar-refractivity contribution in [2.75, 3.05) is 24.2 Å². The van der Waals surface area contributed by atoms with Crippen LogP contribution in [-0.4, -0.2) is 42.4 Å². The fourth-order valence-corrected chi connectivity index (χ4v) is 6.66. The van der Waals surface area contributed by atoms with E-state index in [0.717, 1.165) is 47.7 Å². The number of nitrogens with one attached hydrogen (secondary N) is 1. The predicted octanol–water partition coefficient (Wildman–Crippen LogP) is 5.21. The standard InChI is InChI=1S/C24H31N3O5S2/c1-17-14-18(2)24(19(3)15-17)25-23(28)8-7-13-33-22-10-9-20(16-21(22)27(29)30)34(31,32)26-11-5-4-6-12-26/h9-10,14-16H,4-8,11-13H2,1-3H3,(H,25,28). The number of anilines is 1. The summed E-state index contributed by atoms with van der Waals surface area (Å²) in [4.78, 5) is 23.8. The Labute approximate surface area is 205 Å². The second-order valence-electron chi connectivity index (χ2n) is 8.63. The Morgan fingerprint density at radius 2 is 1.74 bits per heavy atom. The number of piperidine rings is 1. The average Bonchev–Trinajstić information content (AvgIpc) is 2.79. The summed E-state index contributed by atoms with van der Waals surface area (Å²) >= 11 is 1.26. The molecule has 10 heteroatoms. The number of thioether (sulfide) groups is 1. The van der Waals surface area contributed by atoms with Gasteiger partial charge in [-0.15, -0.1) is 11.8 Å². The van der Waals surface area contributed by atoms with E-state index in [-0.39, 0.29) is 22.9 Å². The minimum atomic E-state index is -3.74. The summed E-state index contributed by atoms with van der Waals surface area (Å²) in [5.41, 5.74) is 3.76. The Balaban J connectivity index is 1.60. The summed E-state index contributed by atoms with van der Waals surface area (Å²) in [5.74, 6) is 0.395. The van der Waals surface area contributed by atoms with Crippen molar-refractivity contribution in [2.45, 2.75) is 62.7 Å². The first-order valence-corrected chi connectivity index (χ1v) is 13.8. The lowest BCUT2D eigenvalue weighted by molar-refractivity contribution is -0.388. The van der Waals surface area contributed by atoms with Gasteiger partial charge in [0.25, 0.3) is 5.69 Å². The third-order valence-corrected chi connectivity index (χ3v) is 8.87. The van der Waals surface area contributed by atoms with Crippen molar-refractivity contribution >= 4 is 39.1 Å². The molecule has 0 saturated carbocycles. The quantitative estimate of drug-likeness (QED) is 0.217. The Kier molecular flexibility index (Phi) is 8.72. The molecule has 0 atom stereocenters. The van der Waals surface area contributed by atoms with E-state index in [9.17, 15) is 23.3 Å². The van der Waals surface area contributed by atoms with Crippen LogP contribution in [0, 0.1) is 30.9 Å². The van der Waals surface area contributed by atoms with Gasteiger partial charge in [0.1, 0.15) is 0 Å². The number of nitro groups is 1. The highest BCUT2D eigenvalue weighted by Crippen LogP contribution is 2.33. The van der Waals surface area contributed by atoms with Crippen molar-refractivity contribution in [3.05, 3.63) is 57.1 Å². The summed E-state index contributed by atoms with van der Waals surface area (Å²) in [6, 6.07) is 8.13. The Morgan fingerprint density at radius 1 is 1.09 bits per heavy atom. The van der Waals surface area contributed by atoms with Crippen molar-refractivity contribution in [3.63, 3.8) is 0 Å². The summed E-state index contributed by atoms with van der Waals surface area (Å²) < 4.78 is 27.2. The molecular formula is C24H31N3O5S2. The van der Waals surface area contributed by atoms with Crippen LogP contribution in [0.4, 0.5) is 11.4 Å². The monoisotopic (exact) mass is 505 g/mol. The normalized spacial score (nSPS) is 14.7. The number of hydrogen-bond acceptors (Lipinski definition) is 6. The summed E-state index contributed by atoms with van der Waals surface area (Å²) in [6.07, 6.45) is 3.40. The molecule has 1 N–H and O–H groups in total. The van der Waals surface area contributed by atoms with E-state index in [4.69, 9.17) is 0 Å². The number of aryl methyl sites for hydroxylation is 3. The molecule has 0 aromatic heterocycles. The SMILES string of the molecule is Cc1cc(C)c(NC(=O)CCCSc2ccc(S(=O)(=O)N3CCCCC3)cc2[N+](=O)[O-])c(C)c1. The van der Waals surface area contributed by atoms with Crippen LogP contribution in [0.5, 0.6) is 0 Å². The molecule has 1 saturated heterocycles. The van der Waals surface area contributed by atoms with Crippen LogP contribution in [-0.2, 0) is 14.8 Å². The van der Waals surface area contributed by atoms with Gasteiger partial charge in [0.2, 0.25) is 15.9 Å². The van der Waals surface area contributed by atoms with Gasteiger partial charge in [0.15, 0.2) is 0 Å². The molecule has 0 radical (unpaired) electrons. The fraction of sp³-hybridized carbons (Fsp3) is 0.458. The Bertz CT molecular complexity index is 1150. The zero-order valence-electron chi connectivity index (χ0n) is 19.8. The summed E-state index contributed by atoms with van der Waals surface area (Å²) in [5, 5.41) is 14.6. The van der Waals surface area contributed by atoms with E-state index in [1.165, 1.54) is 28.2 Å². The van der Waals surface area contributed by atoms with Gasteiger partial charge in [0, 0.05) is 31.3 Å². The fourth-order valence-electron chi connectivity index (χ4n) is 4.17. The maximum atomic E-state index is 12.9. The number of benzene rings is 2. The predicted molar refractivity (Wildman–Crippen MR) is 135 cm³/mol. The minimum Gasteiger partial charge on any atom is -0.326 e. The number of carbonyl (C=O) groups is 1. The molecule has 1 aliphatic heterocycles. The number of carbonyl (C=O) groups excluding carboxylic acids is 1. The molecule has 8 nitrogen and oxygen atoms in total. The van der Waals surface area contributed by atoms with Gasteiger partial charge in [-0.05, 0) is 69.0 Å². The van der Waals surface area contributed by atoms with Crippen molar-refractivity contribution in [2.24, 2.45) is 0 Å². The lowest BCUT2D eigenvalue weighted by Gasteiger charge is -2.25. The first kappa shape index (κ1) is 26.2. The topological polar surface area (TPSA) is 110 Å². The summed E-state index contributed by atoms with van der Waals surface area (Å²) in [6.45, 7) is 6.81. The zero-order valence-corrected chi connectivity index (χ0v) is 21.4. The maximum Gasteiger partial charge on any atom is 0.284 e. The van der Waals surface area contributed by atoms with Crippen molar-refractivity contribution in [1.29, 1.82) is 0 Å². The third-order valence-electron chi connectivity index (χ3n) is 5.83. The molecule has 1 fully saturated rings. The van der Waals surface area contributed by atoms with E-state index < -0.39 is 14.9 Å². The van der Waals surface area contributed by atoms with Crippen LogP contribution in [0.2, 0.25) is 0 Å². The first-order valence-electron chi connectivity index (χ1n) is 11.4. The maximum absolute atomic E-state index is 12.9. The molecule has 1 aliphatic rings. The lowest BCUT2D eigenvalue weighted by atomic mass is 10.0. The molecule has 1 amide bonds. The lowest BCUT2D eigenvalue weighted by Crippen LogP contribution is -2.35. The second kappa shape index (κ2) is 11.3. The highest BCUT2D eigenvalue weighted by Gasteiger charge is 2.28. The summed E-state index contributed by atoms with van der Waals surface area (Å²) in [7, 11) is -3.74. The molecule has 0 unspecified atom stereocenters. The van der Waals surface area contributed by atoms with Gasteiger partial charge in [-0.1, -0.05) is 24.1 Å². The zero-order chi connectivity index (χ0) is 24.9. The average molecular weight is 506 g/mol. The molecule has 184 valence electrons. The van der Waals surface area contributed by atoms with Crippen molar-refractivity contribution < 1.29 is 18.1 Å². The molecule has 34 heavy (non-hydrogen) atoms. The van der Waals surface area contributed by atoms with Crippen LogP contribution in [0.15, 0.2) is 40.1 Å². The van der Waals surface area contributed by atoms with Gasteiger partial charge in [-0.3, -0.25) is 14.9 Å². The van der Waals surface area contributed by atoms with E-state index in [2.05, 4.69) is 5.32 Å². The number of hydrogen-bond donors (Lipinski definition) is 1. The van der Waals surface area contributed by atoms with Gasteiger partial charge in [-0.2, -0.15) is 4.31 Å². The number of nitrogens with zero attached hydrogens (tertiary/aromatic N) is 2. The molecule has 1 heterocycles. The highest BCUT2D eigenvalue weighted by molar-refractivity contribution is 7.99. The van der Waals surface area contributed by atoms with Crippen LogP contribution < -0.4 is 5.32 Å². The van der Waals surface area contributed by atoms with Gasteiger partial charge >= 0.3 is 0 Å². The van der Waals surface area contributed by atoms with Crippen molar-refractivity contribution in [3.8, 4) is 0 Å². The second-order valence-corrected chi connectivity index (χ2v) is 11.7. The number of rotatable bonds is 9. The van der Waals surface area contributed by atoms with Gasteiger partial charge in [0.05, 0.1) is 14.7 Å². The van der Waals surface area contributed by atoms with Crippen LogP contribution in [0.1, 0.15) is 48.8 Å². The molecular weight excluding hydrogens is 474 g/mol. The molecule has 2 aromatic carbocycles. The van der Waals surface area contributed by atoms with E-state index >= 15 is 0 Å². The van der Waals surface area contributed by atoms with E-state index in [1.807, 2.05) is 32.9 Å². The Hall–Kier alpha value is -2.43. The van der Waals surface area contributed by atoms with Crippen LogP contribution in [0.3, 0.4) is 0 Å². The van der Waals surface area contributed by atoms with Crippen LogP contribution in [0.25, 0.3) is 0 Å². The highest BCUT2D eigenvalue weighted by atomic mass is 32.2. The third kappa shape index (κ3) is 6.37. The molecule has 0 aliphatic carbocycles. The van der Waals surface area contributed by atoms with Crippen molar-refractivity contribution in [1.82, 2.24) is 4.31 Å². The largest absolute Gasteiger partial charge is 0.326 e. The molecule has 0 bridgehead atoms. The van der Waals surface area contributed by atoms with E-state index in [1.54, 1.807) is 0 Å². The number of nitro benzene ring substituents is 1. The first-order chi connectivity index (χ1) is 16.1. The Morgan fingerprint density at radius 3 is 2.35 bits per heavy atom.